The van der Waals surface area contributed by atoms with Gasteiger partial charge in [-0.15, -0.1) is 5.10 Å². The van der Waals surface area contributed by atoms with Crippen LogP contribution in [0.4, 0.5) is 19.0 Å². The maximum absolute atomic E-state index is 13.6. The predicted octanol–water partition coefficient (Wildman–Crippen LogP) is 5.22. The molecule has 0 aromatic carbocycles. The standard InChI is InChI=1S/C30H35F3N6O4S/c1-28(2)18-20-6-3-4-7-21-8-5-9-25(34-21)44(41,42)37-27(40)22-10-11-23(35-26(22)38(28)19-20)39-16-12-24(36-39)43-17-15-29(13-14-29)30(31,32)33/h5,8-12,16,20H,3-4,6-7,13-15,17-19H2,1-2H3,(H,37,40). The highest BCUT2D eigenvalue weighted by atomic mass is 32.2. The maximum Gasteiger partial charge on any atom is 0.394 e. The maximum atomic E-state index is 13.6. The Bertz CT molecular complexity index is 1670. The number of carbonyl (C=O) groups excluding carboxylic acids is 1. The summed E-state index contributed by atoms with van der Waals surface area (Å²) < 4.78 is 75.3. The lowest BCUT2D eigenvalue weighted by atomic mass is 9.92. The number of aromatic nitrogens is 4. The van der Waals surface area contributed by atoms with E-state index in [4.69, 9.17) is 9.72 Å². The van der Waals surface area contributed by atoms with Crippen LogP contribution in [-0.2, 0) is 16.4 Å². The zero-order valence-corrected chi connectivity index (χ0v) is 25.4. The summed E-state index contributed by atoms with van der Waals surface area (Å²) in [7, 11) is -4.26. The number of hydrogen-bond acceptors (Lipinski definition) is 8. The Balaban J connectivity index is 1.30. The van der Waals surface area contributed by atoms with Crippen LogP contribution in [0.25, 0.3) is 5.82 Å². The summed E-state index contributed by atoms with van der Waals surface area (Å²) in [5.41, 5.74) is -1.29. The normalized spacial score (nSPS) is 22.3. The van der Waals surface area contributed by atoms with E-state index in [1.807, 2.05) is 4.90 Å². The quantitative estimate of drug-likeness (QED) is 0.407. The van der Waals surface area contributed by atoms with Gasteiger partial charge in [-0.25, -0.2) is 19.4 Å². The molecule has 4 bridgehead atoms. The second kappa shape index (κ2) is 11.0. The first-order chi connectivity index (χ1) is 20.8. The van der Waals surface area contributed by atoms with Crippen molar-refractivity contribution < 1.29 is 31.1 Å². The number of ether oxygens (including phenoxy) is 1. The van der Waals surface area contributed by atoms with Gasteiger partial charge < -0.3 is 9.64 Å². The monoisotopic (exact) mass is 632 g/mol. The summed E-state index contributed by atoms with van der Waals surface area (Å²) in [6.45, 7) is 4.66. The van der Waals surface area contributed by atoms with Crippen LogP contribution in [0, 0.1) is 11.3 Å². The Morgan fingerprint density at radius 1 is 1.09 bits per heavy atom. The van der Waals surface area contributed by atoms with Crippen molar-refractivity contribution in [1.82, 2.24) is 24.5 Å². The molecule has 44 heavy (non-hydrogen) atoms. The number of rotatable bonds is 5. The van der Waals surface area contributed by atoms with Gasteiger partial charge in [0.1, 0.15) is 5.82 Å². The van der Waals surface area contributed by atoms with Crippen LogP contribution < -0.4 is 14.4 Å². The van der Waals surface area contributed by atoms with E-state index < -0.39 is 27.5 Å². The summed E-state index contributed by atoms with van der Waals surface area (Å²) in [6, 6.07) is 9.37. The Labute approximate surface area is 254 Å². The van der Waals surface area contributed by atoms with E-state index in [0.717, 1.165) is 25.7 Å². The van der Waals surface area contributed by atoms with Gasteiger partial charge in [0, 0.05) is 30.0 Å². The van der Waals surface area contributed by atoms with Gasteiger partial charge in [0.15, 0.2) is 10.8 Å². The number of halogens is 3. The molecule has 1 saturated heterocycles. The van der Waals surface area contributed by atoms with Crippen LogP contribution >= 0.6 is 0 Å². The first-order valence-corrected chi connectivity index (χ1v) is 16.3. The third-order valence-electron chi connectivity index (χ3n) is 8.98. The molecule has 1 aliphatic carbocycles. The van der Waals surface area contributed by atoms with Crippen molar-refractivity contribution >= 4 is 21.7 Å². The van der Waals surface area contributed by atoms with Crippen LogP contribution in [0.3, 0.4) is 0 Å². The third-order valence-corrected chi connectivity index (χ3v) is 10.2. The summed E-state index contributed by atoms with van der Waals surface area (Å²) in [4.78, 5) is 24.7. The number of hydrogen-bond donors (Lipinski definition) is 1. The average Bonchev–Trinajstić information content (AvgIpc) is 3.51. The Morgan fingerprint density at radius 3 is 2.64 bits per heavy atom. The number of amides is 1. The van der Waals surface area contributed by atoms with Crippen molar-refractivity contribution in [3.63, 3.8) is 0 Å². The average molecular weight is 633 g/mol. The van der Waals surface area contributed by atoms with E-state index in [9.17, 15) is 26.4 Å². The summed E-state index contributed by atoms with van der Waals surface area (Å²) >= 11 is 0. The van der Waals surface area contributed by atoms with E-state index in [1.54, 1.807) is 24.4 Å². The molecule has 5 heterocycles. The molecule has 0 radical (unpaired) electrons. The molecule has 3 aromatic rings. The van der Waals surface area contributed by atoms with E-state index in [-0.39, 0.29) is 47.9 Å². The highest BCUT2D eigenvalue weighted by Gasteiger charge is 2.62. The van der Waals surface area contributed by atoms with Crippen molar-refractivity contribution in [1.29, 1.82) is 0 Å². The molecule has 3 aliphatic rings. The van der Waals surface area contributed by atoms with Gasteiger partial charge in [-0.2, -0.15) is 21.6 Å². The Morgan fingerprint density at radius 2 is 1.89 bits per heavy atom. The van der Waals surface area contributed by atoms with Gasteiger partial charge in [-0.1, -0.05) is 12.5 Å². The topological polar surface area (TPSA) is 119 Å². The van der Waals surface area contributed by atoms with Crippen LogP contribution in [0.15, 0.2) is 47.6 Å². The predicted molar refractivity (Wildman–Crippen MR) is 155 cm³/mol. The minimum absolute atomic E-state index is 0.0857. The number of fused-ring (bicyclic) bond motifs is 6. The molecule has 2 aliphatic heterocycles. The zero-order valence-electron chi connectivity index (χ0n) is 24.6. The van der Waals surface area contributed by atoms with Gasteiger partial charge in [-0.05, 0) is 89.0 Å². The molecule has 1 atom stereocenters. The highest BCUT2D eigenvalue weighted by molar-refractivity contribution is 7.90. The van der Waals surface area contributed by atoms with Crippen molar-refractivity contribution in [3.8, 4) is 11.7 Å². The molecule has 3 aromatic heterocycles. The van der Waals surface area contributed by atoms with E-state index in [2.05, 4.69) is 28.7 Å². The summed E-state index contributed by atoms with van der Waals surface area (Å²) in [5.74, 6) is 0.327. The number of sulfonamides is 1. The molecule has 1 N–H and O–H groups in total. The molecule has 6 rings (SSSR count). The van der Waals surface area contributed by atoms with Gasteiger partial charge >= 0.3 is 6.18 Å². The SMILES string of the molecule is CC1(C)CC2CCCCc3cccc(n3)S(=O)(=O)NC(=O)c3ccc(-n4ccc(OCCC5(C(F)(F)F)CC5)n4)nc3N1C2. The smallest absolute Gasteiger partial charge is 0.394 e. The number of anilines is 1. The van der Waals surface area contributed by atoms with Crippen molar-refractivity contribution in [3.05, 3.63) is 53.9 Å². The molecular weight excluding hydrogens is 597 g/mol. The fourth-order valence-corrected chi connectivity index (χ4v) is 7.26. The lowest BCUT2D eigenvalue weighted by Gasteiger charge is -2.34. The number of aryl methyl sites for hydroxylation is 1. The third kappa shape index (κ3) is 6.00. The van der Waals surface area contributed by atoms with Gasteiger partial charge in [-0.3, -0.25) is 4.79 Å². The van der Waals surface area contributed by atoms with Crippen LogP contribution in [0.5, 0.6) is 5.88 Å². The molecule has 1 saturated carbocycles. The van der Waals surface area contributed by atoms with E-state index in [0.29, 0.717) is 36.2 Å². The van der Waals surface area contributed by atoms with E-state index >= 15 is 0 Å². The first-order valence-electron chi connectivity index (χ1n) is 14.8. The summed E-state index contributed by atoms with van der Waals surface area (Å²) in [5, 5.41) is 4.13. The van der Waals surface area contributed by atoms with Crippen molar-refractivity contribution in [2.45, 2.75) is 82.0 Å². The molecule has 10 nitrogen and oxygen atoms in total. The molecule has 14 heteroatoms. The van der Waals surface area contributed by atoms with E-state index in [1.165, 1.54) is 22.9 Å². The minimum atomic E-state index is -4.26. The molecular formula is C30H35F3N6O4S. The second-order valence-corrected chi connectivity index (χ2v) is 14.3. The van der Waals surface area contributed by atoms with Crippen LogP contribution in [0.1, 0.15) is 74.8 Å². The number of carbonyl (C=O) groups is 1. The first kappa shape index (κ1) is 30.4. The molecule has 1 amide bonds. The van der Waals surface area contributed by atoms with Gasteiger partial charge in [0.05, 0.1) is 17.6 Å². The Hall–Kier alpha value is -3.68. The van der Waals surface area contributed by atoms with Crippen molar-refractivity contribution in [2.75, 3.05) is 18.1 Å². The second-order valence-electron chi connectivity index (χ2n) is 12.7. The summed E-state index contributed by atoms with van der Waals surface area (Å²) in [6.07, 6.45) is 1.70. The van der Waals surface area contributed by atoms with Crippen molar-refractivity contribution in [2.24, 2.45) is 11.3 Å². The lowest BCUT2D eigenvalue weighted by molar-refractivity contribution is -0.190. The molecule has 236 valence electrons. The Kier molecular flexibility index (Phi) is 7.61. The zero-order chi connectivity index (χ0) is 31.3. The fraction of sp³-hybridized carbons (Fsp3) is 0.533. The number of nitrogens with zero attached hydrogens (tertiary/aromatic N) is 5. The highest BCUT2D eigenvalue weighted by Crippen LogP contribution is 2.59. The molecule has 1 unspecified atom stereocenters. The number of pyridine rings is 2. The molecule has 2 fully saturated rings. The van der Waals surface area contributed by atoms with Crippen LogP contribution in [-0.4, -0.2) is 58.9 Å². The minimum Gasteiger partial charge on any atom is -0.477 e. The largest absolute Gasteiger partial charge is 0.477 e. The number of alkyl halides is 3. The van der Waals surface area contributed by atoms with Gasteiger partial charge in [0.2, 0.25) is 5.88 Å². The van der Waals surface area contributed by atoms with Gasteiger partial charge in [0.25, 0.3) is 15.9 Å². The number of nitrogens with one attached hydrogen (secondary N) is 1. The van der Waals surface area contributed by atoms with Crippen LogP contribution in [0.2, 0.25) is 0 Å². The lowest BCUT2D eigenvalue weighted by Crippen LogP contribution is -2.41. The fourth-order valence-electron chi connectivity index (χ4n) is 6.31. The molecule has 0 spiro atoms.